The summed E-state index contributed by atoms with van der Waals surface area (Å²) in [5, 5.41) is 3.18. The Morgan fingerprint density at radius 3 is 2.74 bits per heavy atom. The van der Waals surface area contributed by atoms with Crippen LogP contribution in [-0.4, -0.2) is 16.5 Å². The minimum Gasteiger partial charge on any atom is -0.397 e. The van der Waals surface area contributed by atoms with Crippen LogP contribution in [0.15, 0.2) is 12.3 Å². The van der Waals surface area contributed by atoms with Crippen molar-refractivity contribution in [2.45, 2.75) is 58.5 Å². The molecule has 1 fully saturated rings. The number of nitrogens with two attached hydrogens (primary N) is 1. The molecule has 2 unspecified atom stereocenters. The van der Waals surface area contributed by atoms with Gasteiger partial charge in [-0.05, 0) is 38.7 Å². The third-order valence-electron chi connectivity index (χ3n) is 4.09. The Balaban J connectivity index is 2.11. The van der Waals surface area contributed by atoms with E-state index in [9.17, 15) is 4.79 Å². The van der Waals surface area contributed by atoms with Crippen LogP contribution in [0.25, 0.3) is 0 Å². The van der Waals surface area contributed by atoms with E-state index in [1.165, 1.54) is 19.3 Å². The molecule has 106 valence electrons. The minimum absolute atomic E-state index is 0.00384. The van der Waals surface area contributed by atoms with E-state index in [1.807, 2.05) is 10.8 Å². The minimum atomic E-state index is 0.00384. The van der Waals surface area contributed by atoms with Crippen LogP contribution >= 0.6 is 0 Å². The summed E-state index contributed by atoms with van der Waals surface area (Å²) in [6.07, 6.45) is 6.62. The smallest absolute Gasteiger partial charge is 0.268 e. The number of aromatic nitrogens is 1. The van der Waals surface area contributed by atoms with E-state index in [2.05, 4.69) is 26.1 Å². The molecule has 2 atom stereocenters. The Hall–Kier alpha value is -1.45. The maximum atomic E-state index is 12.4. The fourth-order valence-corrected chi connectivity index (χ4v) is 2.88. The van der Waals surface area contributed by atoms with Gasteiger partial charge in [-0.2, -0.15) is 0 Å². The number of carbonyl (C=O) groups excluding carboxylic acids is 1. The average molecular weight is 263 g/mol. The SMILES string of the molecule is CC1CCCCC1NC(=O)c1cc(N)cn1C(C)C. The second-order valence-corrected chi connectivity index (χ2v) is 6.00. The topological polar surface area (TPSA) is 60.1 Å². The molecule has 1 aliphatic carbocycles. The molecule has 1 saturated carbocycles. The summed E-state index contributed by atoms with van der Waals surface area (Å²) in [7, 11) is 0. The summed E-state index contributed by atoms with van der Waals surface area (Å²) in [5.41, 5.74) is 7.13. The monoisotopic (exact) mass is 263 g/mol. The van der Waals surface area contributed by atoms with Gasteiger partial charge in [-0.3, -0.25) is 4.79 Å². The summed E-state index contributed by atoms with van der Waals surface area (Å²) in [6.45, 7) is 6.33. The fourth-order valence-electron chi connectivity index (χ4n) is 2.88. The van der Waals surface area contributed by atoms with Crippen molar-refractivity contribution in [1.82, 2.24) is 9.88 Å². The lowest BCUT2D eigenvalue weighted by Gasteiger charge is -2.29. The lowest BCUT2D eigenvalue weighted by atomic mass is 9.86. The van der Waals surface area contributed by atoms with Crippen LogP contribution in [0.4, 0.5) is 5.69 Å². The largest absolute Gasteiger partial charge is 0.397 e. The molecule has 2 rings (SSSR count). The molecule has 4 heteroatoms. The lowest BCUT2D eigenvalue weighted by molar-refractivity contribution is 0.0899. The van der Waals surface area contributed by atoms with Crippen LogP contribution in [0, 0.1) is 5.92 Å². The first-order valence-electron chi connectivity index (χ1n) is 7.27. The maximum Gasteiger partial charge on any atom is 0.268 e. The summed E-state index contributed by atoms with van der Waals surface area (Å²) < 4.78 is 1.94. The van der Waals surface area contributed by atoms with Gasteiger partial charge in [0.1, 0.15) is 5.69 Å². The molecule has 1 aromatic heterocycles. The predicted molar refractivity (Wildman–Crippen MR) is 78.1 cm³/mol. The third kappa shape index (κ3) is 3.11. The van der Waals surface area contributed by atoms with Gasteiger partial charge in [-0.15, -0.1) is 0 Å². The molecular weight excluding hydrogens is 238 g/mol. The van der Waals surface area contributed by atoms with Crippen molar-refractivity contribution in [2.24, 2.45) is 5.92 Å². The van der Waals surface area contributed by atoms with E-state index in [1.54, 1.807) is 6.07 Å². The number of hydrogen-bond acceptors (Lipinski definition) is 2. The van der Waals surface area contributed by atoms with Crippen molar-refractivity contribution in [3.05, 3.63) is 18.0 Å². The van der Waals surface area contributed by atoms with Gasteiger partial charge in [-0.25, -0.2) is 0 Å². The lowest BCUT2D eigenvalue weighted by Crippen LogP contribution is -2.41. The van der Waals surface area contributed by atoms with Crippen LogP contribution in [0.5, 0.6) is 0 Å². The number of nitrogen functional groups attached to an aromatic ring is 1. The van der Waals surface area contributed by atoms with Gasteiger partial charge in [0, 0.05) is 18.3 Å². The number of hydrogen-bond donors (Lipinski definition) is 2. The normalized spacial score (nSPS) is 23.6. The van der Waals surface area contributed by atoms with Gasteiger partial charge in [0.2, 0.25) is 0 Å². The summed E-state index contributed by atoms with van der Waals surface area (Å²) in [4.78, 5) is 12.4. The number of nitrogens with one attached hydrogen (secondary N) is 1. The van der Waals surface area contributed by atoms with Crippen molar-refractivity contribution in [3.8, 4) is 0 Å². The number of nitrogens with zero attached hydrogens (tertiary/aromatic N) is 1. The maximum absolute atomic E-state index is 12.4. The highest BCUT2D eigenvalue weighted by Gasteiger charge is 2.24. The molecule has 0 aliphatic heterocycles. The Morgan fingerprint density at radius 2 is 2.11 bits per heavy atom. The van der Waals surface area contributed by atoms with Gasteiger partial charge in [-0.1, -0.05) is 19.8 Å². The highest BCUT2D eigenvalue weighted by atomic mass is 16.2. The van der Waals surface area contributed by atoms with E-state index in [0.717, 1.165) is 6.42 Å². The van der Waals surface area contributed by atoms with Gasteiger partial charge < -0.3 is 15.6 Å². The zero-order valence-corrected chi connectivity index (χ0v) is 12.1. The second kappa shape index (κ2) is 5.68. The highest BCUT2D eigenvalue weighted by molar-refractivity contribution is 5.94. The molecule has 1 aromatic rings. The molecule has 0 aromatic carbocycles. The second-order valence-electron chi connectivity index (χ2n) is 6.00. The Labute approximate surface area is 115 Å². The van der Waals surface area contributed by atoms with Gasteiger partial charge >= 0.3 is 0 Å². The van der Waals surface area contributed by atoms with Crippen molar-refractivity contribution in [2.75, 3.05) is 5.73 Å². The van der Waals surface area contributed by atoms with E-state index in [4.69, 9.17) is 5.73 Å². The standard InChI is InChI=1S/C15H25N3O/c1-10(2)18-9-12(16)8-14(18)15(19)17-13-7-5-4-6-11(13)3/h8-11,13H,4-7,16H2,1-3H3,(H,17,19). The molecule has 4 nitrogen and oxygen atoms in total. The quantitative estimate of drug-likeness (QED) is 0.880. The van der Waals surface area contributed by atoms with Crippen molar-refractivity contribution in [3.63, 3.8) is 0 Å². The molecule has 0 radical (unpaired) electrons. The van der Waals surface area contributed by atoms with Crippen molar-refractivity contribution in [1.29, 1.82) is 0 Å². The van der Waals surface area contributed by atoms with Crippen molar-refractivity contribution >= 4 is 11.6 Å². The molecular formula is C15H25N3O. The average Bonchev–Trinajstić information content (AvgIpc) is 2.74. The van der Waals surface area contributed by atoms with Crippen LogP contribution in [0.2, 0.25) is 0 Å². The molecule has 3 N–H and O–H groups in total. The fraction of sp³-hybridized carbons (Fsp3) is 0.667. The van der Waals surface area contributed by atoms with E-state index >= 15 is 0 Å². The number of carbonyl (C=O) groups is 1. The van der Waals surface area contributed by atoms with Gasteiger partial charge in [0.15, 0.2) is 0 Å². The van der Waals surface area contributed by atoms with E-state index in [0.29, 0.717) is 23.3 Å². The Morgan fingerprint density at radius 1 is 1.42 bits per heavy atom. The zero-order chi connectivity index (χ0) is 14.0. The van der Waals surface area contributed by atoms with Crippen molar-refractivity contribution < 1.29 is 4.79 Å². The highest BCUT2D eigenvalue weighted by Crippen LogP contribution is 2.24. The molecule has 1 aliphatic rings. The van der Waals surface area contributed by atoms with Crippen LogP contribution in [0.3, 0.4) is 0 Å². The first-order chi connectivity index (χ1) is 8.99. The molecule has 19 heavy (non-hydrogen) atoms. The van der Waals surface area contributed by atoms with E-state index < -0.39 is 0 Å². The van der Waals surface area contributed by atoms with Crippen LogP contribution in [0.1, 0.15) is 63.0 Å². The molecule has 0 saturated heterocycles. The van der Waals surface area contributed by atoms with E-state index in [-0.39, 0.29) is 11.9 Å². The van der Waals surface area contributed by atoms with Crippen LogP contribution in [-0.2, 0) is 0 Å². The number of anilines is 1. The molecule has 1 heterocycles. The molecule has 0 spiro atoms. The molecule has 0 bridgehead atoms. The number of rotatable bonds is 3. The predicted octanol–water partition coefficient (Wildman–Crippen LogP) is 2.96. The summed E-state index contributed by atoms with van der Waals surface area (Å²) in [5.74, 6) is 0.571. The first-order valence-corrected chi connectivity index (χ1v) is 7.27. The Bertz CT molecular complexity index is 450. The number of amides is 1. The third-order valence-corrected chi connectivity index (χ3v) is 4.09. The van der Waals surface area contributed by atoms with Gasteiger partial charge in [0.05, 0.1) is 5.69 Å². The zero-order valence-electron chi connectivity index (χ0n) is 12.1. The summed E-state index contributed by atoms with van der Waals surface area (Å²) >= 11 is 0. The molecule has 1 amide bonds. The summed E-state index contributed by atoms with van der Waals surface area (Å²) in [6, 6.07) is 2.31. The Kier molecular flexibility index (Phi) is 4.17. The van der Waals surface area contributed by atoms with Gasteiger partial charge in [0.25, 0.3) is 5.91 Å². The van der Waals surface area contributed by atoms with Crippen LogP contribution < -0.4 is 11.1 Å². The first kappa shape index (κ1) is 14.0.